The number of nitriles is 1. The first-order valence-electron chi connectivity index (χ1n) is 9.86. The Morgan fingerprint density at radius 1 is 1.04 bits per heavy atom. The van der Waals surface area contributed by atoms with Crippen LogP contribution in [0.4, 0.5) is 17.2 Å². The zero-order chi connectivity index (χ0) is 20.1. The lowest BCUT2D eigenvalue weighted by molar-refractivity contribution is 0.734. The Labute approximate surface area is 167 Å². The topological polar surface area (TPSA) is 64.8 Å². The first kappa shape index (κ1) is 19.6. The molecule has 3 aromatic rings. The first-order chi connectivity index (χ1) is 13.6. The number of nitrogens with one attached hydrogen (secondary N) is 1. The highest BCUT2D eigenvalue weighted by Crippen LogP contribution is 2.28. The summed E-state index contributed by atoms with van der Waals surface area (Å²) in [5.41, 5.74) is 6.07. The second-order valence-corrected chi connectivity index (χ2v) is 7.11. The van der Waals surface area contributed by atoms with Gasteiger partial charge in [0.25, 0.3) is 0 Å². The van der Waals surface area contributed by atoms with E-state index < -0.39 is 0 Å². The molecule has 0 radical (unpaired) electrons. The van der Waals surface area contributed by atoms with Gasteiger partial charge in [-0.2, -0.15) is 5.26 Å². The summed E-state index contributed by atoms with van der Waals surface area (Å²) < 4.78 is 0. The first-order valence-corrected chi connectivity index (χ1v) is 9.86. The van der Waals surface area contributed by atoms with Crippen LogP contribution in [0.2, 0.25) is 0 Å². The van der Waals surface area contributed by atoms with Crippen LogP contribution in [0.3, 0.4) is 0 Å². The molecule has 0 fully saturated rings. The van der Waals surface area contributed by atoms with Crippen molar-refractivity contribution < 1.29 is 0 Å². The molecular weight excluding hydrogens is 346 g/mol. The Hall–Kier alpha value is -3.13. The zero-order valence-electron chi connectivity index (χ0n) is 17.1. The maximum absolute atomic E-state index is 9.86. The minimum atomic E-state index is 0.526. The van der Waals surface area contributed by atoms with Crippen molar-refractivity contribution >= 4 is 28.2 Å². The standard InChI is InChI=1S/C23H27N5/c1-5-11-28(12-6-2)22-15-25-21-10-9-20(19(14-24)23(21)27-22)26-18-8-7-16(3)17(4)13-18/h7-10,13,15,26H,5-6,11-12H2,1-4H3. The van der Waals surface area contributed by atoms with Crippen molar-refractivity contribution in [1.82, 2.24) is 9.97 Å². The summed E-state index contributed by atoms with van der Waals surface area (Å²) in [6.07, 6.45) is 3.89. The van der Waals surface area contributed by atoms with Crippen molar-refractivity contribution in [1.29, 1.82) is 5.26 Å². The summed E-state index contributed by atoms with van der Waals surface area (Å²) in [6, 6.07) is 12.3. The number of benzene rings is 2. The molecular formula is C23H27N5. The monoisotopic (exact) mass is 373 g/mol. The van der Waals surface area contributed by atoms with Gasteiger partial charge in [-0.25, -0.2) is 4.98 Å². The highest BCUT2D eigenvalue weighted by atomic mass is 15.2. The van der Waals surface area contributed by atoms with Crippen LogP contribution in [0.1, 0.15) is 43.4 Å². The third-order valence-electron chi connectivity index (χ3n) is 4.91. The van der Waals surface area contributed by atoms with Gasteiger partial charge in [0.1, 0.15) is 23.0 Å². The Balaban J connectivity index is 2.04. The molecule has 0 spiro atoms. The molecule has 0 aliphatic rings. The maximum atomic E-state index is 9.86. The summed E-state index contributed by atoms with van der Waals surface area (Å²) >= 11 is 0. The molecule has 0 unspecified atom stereocenters. The second kappa shape index (κ2) is 8.71. The van der Waals surface area contributed by atoms with Crippen molar-refractivity contribution in [3.8, 4) is 6.07 Å². The van der Waals surface area contributed by atoms with Crippen molar-refractivity contribution in [2.75, 3.05) is 23.3 Å². The summed E-state index contributed by atoms with van der Waals surface area (Å²) in [5.74, 6) is 0.830. The van der Waals surface area contributed by atoms with Gasteiger partial charge >= 0.3 is 0 Å². The molecule has 0 bridgehead atoms. The number of hydrogen-bond acceptors (Lipinski definition) is 5. The average molecular weight is 374 g/mol. The van der Waals surface area contributed by atoms with Crippen LogP contribution < -0.4 is 10.2 Å². The molecule has 0 saturated heterocycles. The molecule has 0 aliphatic heterocycles. The molecule has 5 nitrogen and oxygen atoms in total. The van der Waals surface area contributed by atoms with E-state index in [1.807, 2.05) is 24.4 Å². The highest BCUT2D eigenvalue weighted by molar-refractivity contribution is 5.89. The van der Waals surface area contributed by atoms with Gasteiger partial charge in [0.05, 0.1) is 17.4 Å². The second-order valence-electron chi connectivity index (χ2n) is 7.11. The zero-order valence-corrected chi connectivity index (χ0v) is 17.1. The van der Waals surface area contributed by atoms with Crippen LogP contribution in [0, 0.1) is 25.2 Å². The minimum absolute atomic E-state index is 0.526. The summed E-state index contributed by atoms with van der Waals surface area (Å²) in [7, 11) is 0. The molecule has 1 aromatic heterocycles. The summed E-state index contributed by atoms with van der Waals surface area (Å²) in [4.78, 5) is 11.6. The van der Waals surface area contributed by atoms with Crippen LogP contribution in [-0.4, -0.2) is 23.1 Å². The van der Waals surface area contributed by atoms with Gasteiger partial charge in [0.15, 0.2) is 0 Å². The van der Waals surface area contributed by atoms with Crippen LogP contribution in [0.25, 0.3) is 11.0 Å². The SMILES string of the molecule is CCCN(CCC)c1cnc2ccc(Nc3ccc(C)c(C)c3)c(C#N)c2n1. The fourth-order valence-corrected chi connectivity index (χ4v) is 3.29. The van der Waals surface area contributed by atoms with Crippen LogP contribution in [0.5, 0.6) is 0 Å². The summed E-state index contributed by atoms with van der Waals surface area (Å²) in [6.45, 7) is 10.3. The molecule has 5 heteroatoms. The lowest BCUT2D eigenvalue weighted by atomic mass is 10.1. The number of rotatable bonds is 7. The Kier molecular flexibility index (Phi) is 6.10. The predicted octanol–water partition coefficient (Wildman–Crippen LogP) is 5.49. The van der Waals surface area contributed by atoms with Gasteiger partial charge in [-0.15, -0.1) is 0 Å². The number of aryl methyl sites for hydroxylation is 2. The van der Waals surface area contributed by atoms with Gasteiger partial charge in [-0.1, -0.05) is 19.9 Å². The van der Waals surface area contributed by atoms with Crippen molar-refractivity contribution in [2.45, 2.75) is 40.5 Å². The Bertz CT molecular complexity index is 1010. The molecule has 3 rings (SSSR count). The van der Waals surface area contributed by atoms with Gasteiger partial charge in [0, 0.05) is 18.8 Å². The number of hydrogen-bond donors (Lipinski definition) is 1. The Morgan fingerprint density at radius 2 is 1.79 bits per heavy atom. The fraction of sp³-hybridized carbons (Fsp3) is 0.348. The molecule has 1 heterocycles. The number of nitrogens with zero attached hydrogens (tertiary/aromatic N) is 4. The quantitative estimate of drug-likeness (QED) is 0.593. The number of anilines is 3. The third-order valence-corrected chi connectivity index (χ3v) is 4.91. The molecule has 0 atom stereocenters. The third kappa shape index (κ3) is 4.07. The molecule has 1 N–H and O–H groups in total. The van der Waals surface area contributed by atoms with Gasteiger partial charge in [0.2, 0.25) is 0 Å². The van der Waals surface area contributed by atoms with E-state index in [1.54, 1.807) is 0 Å². The van der Waals surface area contributed by atoms with Crippen LogP contribution >= 0.6 is 0 Å². The highest BCUT2D eigenvalue weighted by Gasteiger charge is 2.14. The average Bonchev–Trinajstić information content (AvgIpc) is 2.70. The van der Waals surface area contributed by atoms with E-state index in [-0.39, 0.29) is 0 Å². The molecule has 0 saturated carbocycles. The summed E-state index contributed by atoms with van der Waals surface area (Å²) in [5, 5.41) is 13.2. The smallest absolute Gasteiger partial charge is 0.147 e. The predicted molar refractivity (Wildman–Crippen MR) is 116 cm³/mol. The van der Waals surface area contributed by atoms with Crippen molar-refractivity contribution in [3.63, 3.8) is 0 Å². The lowest BCUT2D eigenvalue weighted by Crippen LogP contribution is -2.26. The maximum Gasteiger partial charge on any atom is 0.147 e. The lowest BCUT2D eigenvalue weighted by Gasteiger charge is -2.22. The minimum Gasteiger partial charge on any atom is -0.355 e. The number of fused-ring (bicyclic) bond motifs is 1. The van der Waals surface area contributed by atoms with E-state index in [9.17, 15) is 5.26 Å². The molecule has 144 valence electrons. The van der Waals surface area contributed by atoms with Crippen molar-refractivity contribution in [2.24, 2.45) is 0 Å². The number of aromatic nitrogens is 2. The molecule has 0 amide bonds. The van der Waals surface area contributed by atoms with E-state index in [0.717, 1.165) is 48.6 Å². The van der Waals surface area contributed by atoms with Gasteiger partial charge in [-0.05, 0) is 62.1 Å². The van der Waals surface area contributed by atoms with E-state index in [4.69, 9.17) is 4.98 Å². The van der Waals surface area contributed by atoms with Crippen LogP contribution in [0.15, 0.2) is 36.5 Å². The van der Waals surface area contributed by atoms with Gasteiger partial charge in [-0.3, -0.25) is 4.98 Å². The van der Waals surface area contributed by atoms with Crippen molar-refractivity contribution in [3.05, 3.63) is 53.2 Å². The van der Waals surface area contributed by atoms with Crippen LogP contribution in [-0.2, 0) is 0 Å². The van der Waals surface area contributed by atoms with E-state index in [1.165, 1.54) is 11.1 Å². The molecule has 2 aromatic carbocycles. The van der Waals surface area contributed by atoms with E-state index in [2.05, 4.69) is 61.1 Å². The fourth-order valence-electron chi connectivity index (χ4n) is 3.29. The largest absolute Gasteiger partial charge is 0.355 e. The molecule has 0 aliphatic carbocycles. The van der Waals surface area contributed by atoms with E-state index in [0.29, 0.717) is 11.1 Å². The Morgan fingerprint density at radius 3 is 2.43 bits per heavy atom. The normalized spacial score (nSPS) is 10.7. The van der Waals surface area contributed by atoms with E-state index >= 15 is 0 Å². The van der Waals surface area contributed by atoms with Gasteiger partial charge < -0.3 is 10.2 Å². The molecule has 28 heavy (non-hydrogen) atoms.